The van der Waals surface area contributed by atoms with Gasteiger partial charge in [-0.1, -0.05) is 41.7 Å². The highest BCUT2D eigenvalue weighted by Gasteiger charge is 2.12. The lowest BCUT2D eigenvalue weighted by molar-refractivity contribution is -0.118. The van der Waals surface area contributed by atoms with Crippen LogP contribution in [0.5, 0.6) is 5.75 Å². The number of anilines is 1. The molecule has 0 unspecified atom stereocenters. The Morgan fingerprint density at radius 2 is 1.86 bits per heavy atom. The molecule has 5 nitrogen and oxygen atoms in total. The number of ether oxygens (including phenoxy) is 1. The van der Waals surface area contributed by atoms with Crippen molar-refractivity contribution in [3.05, 3.63) is 70.3 Å². The SMILES string of the molecule is CC(C)n1c(=O)sc2cc(NC(=O)COc3ccc4ccccc4c3)ccc21. The van der Waals surface area contributed by atoms with E-state index in [9.17, 15) is 9.59 Å². The summed E-state index contributed by atoms with van der Waals surface area (Å²) in [5, 5.41) is 5.02. The van der Waals surface area contributed by atoms with Gasteiger partial charge < -0.3 is 10.1 Å². The number of nitrogens with zero attached hydrogens (tertiary/aromatic N) is 1. The maximum Gasteiger partial charge on any atom is 0.308 e. The number of amides is 1. The minimum absolute atomic E-state index is 0.00751. The third-order valence-corrected chi connectivity index (χ3v) is 5.42. The average Bonchev–Trinajstić information content (AvgIpc) is 3.01. The Hall–Kier alpha value is -3.12. The summed E-state index contributed by atoms with van der Waals surface area (Å²) in [4.78, 5) is 24.4. The van der Waals surface area contributed by atoms with E-state index >= 15 is 0 Å². The van der Waals surface area contributed by atoms with Crippen molar-refractivity contribution in [2.75, 3.05) is 11.9 Å². The zero-order valence-corrected chi connectivity index (χ0v) is 16.5. The summed E-state index contributed by atoms with van der Waals surface area (Å²) in [6.07, 6.45) is 0. The number of hydrogen-bond acceptors (Lipinski definition) is 4. The van der Waals surface area contributed by atoms with Crippen LogP contribution in [0.15, 0.2) is 65.5 Å². The Morgan fingerprint density at radius 1 is 1.07 bits per heavy atom. The zero-order chi connectivity index (χ0) is 19.7. The first-order chi connectivity index (χ1) is 13.5. The highest BCUT2D eigenvalue weighted by molar-refractivity contribution is 7.16. The lowest BCUT2D eigenvalue weighted by atomic mass is 10.1. The van der Waals surface area contributed by atoms with Crippen molar-refractivity contribution < 1.29 is 9.53 Å². The molecular weight excluding hydrogens is 372 g/mol. The zero-order valence-electron chi connectivity index (χ0n) is 15.6. The van der Waals surface area contributed by atoms with Gasteiger partial charge in [-0.25, -0.2) is 0 Å². The molecule has 28 heavy (non-hydrogen) atoms. The van der Waals surface area contributed by atoms with Crippen molar-refractivity contribution in [3.8, 4) is 5.75 Å². The van der Waals surface area contributed by atoms with E-state index in [-0.39, 0.29) is 23.4 Å². The van der Waals surface area contributed by atoms with Gasteiger partial charge in [0.25, 0.3) is 5.91 Å². The van der Waals surface area contributed by atoms with E-state index in [2.05, 4.69) is 5.32 Å². The molecule has 0 saturated heterocycles. The lowest BCUT2D eigenvalue weighted by Gasteiger charge is -2.10. The predicted octanol–water partition coefficient (Wildman–Crippen LogP) is 4.81. The van der Waals surface area contributed by atoms with Crippen molar-refractivity contribution in [1.29, 1.82) is 0 Å². The van der Waals surface area contributed by atoms with Gasteiger partial charge in [-0.15, -0.1) is 0 Å². The quantitative estimate of drug-likeness (QED) is 0.530. The van der Waals surface area contributed by atoms with Crippen LogP contribution in [-0.4, -0.2) is 17.1 Å². The minimum atomic E-state index is -0.247. The molecule has 0 aliphatic carbocycles. The lowest BCUT2D eigenvalue weighted by Crippen LogP contribution is -2.20. The van der Waals surface area contributed by atoms with E-state index in [4.69, 9.17) is 4.74 Å². The molecule has 4 aromatic rings. The van der Waals surface area contributed by atoms with Crippen LogP contribution >= 0.6 is 11.3 Å². The van der Waals surface area contributed by atoms with Crippen molar-refractivity contribution in [2.45, 2.75) is 19.9 Å². The molecule has 0 spiro atoms. The summed E-state index contributed by atoms with van der Waals surface area (Å²) in [5.74, 6) is 0.402. The standard InChI is InChI=1S/C22H20N2O3S/c1-14(2)24-19-10-8-17(12-20(19)28-22(24)26)23-21(25)13-27-18-9-7-15-5-3-4-6-16(15)11-18/h3-12,14H,13H2,1-2H3,(H,23,25). The molecule has 142 valence electrons. The summed E-state index contributed by atoms with van der Waals surface area (Å²) >= 11 is 1.18. The van der Waals surface area contributed by atoms with Crippen molar-refractivity contribution >= 4 is 43.9 Å². The molecule has 6 heteroatoms. The van der Waals surface area contributed by atoms with Gasteiger partial charge in [0.15, 0.2) is 6.61 Å². The maximum atomic E-state index is 12.3. The number of carbonyl (C=O) groups excluding carboxylic acids is 1. The van der Waals surface area contributed by atoms with Crippen LogP contribution in [0.1, 0.15) is 19.9 Å². The Bertz CT molecular complexity index is 1220. The van der Waals surface area contributed by atoms with E-state index in [1.807, 2.05) is 68.4 Å². The van der Waals surface area contributed by atoms with Gasteiger partial charge in [0.2, 0.25) is 0 Å². The fourth-order valence-electron chi connectivity index (χ4n) is 3.21. The second kappa shape index (κ2) is 7.48. The Balaban J connectivity index is 1.45. The van der Waals surface area contributed by atoms with E-state index in [1.165, 1.54) is 11.3 Å². The monoisotopic (exact) mass is 392 g/mol. The second-order valence-electron chi connectivity index (χ2n) is 6.86. The first-order valence-electron chi connectivity index (χ1n) is 9.08. The predicted molar refractivity (Wildman–Crippen MR) is 115 cm³/mol. The van der Waals surface area contributed by atoms with Gasteiger partial charge in [-0.2, -0.15) is 0 Å². The highest BCUT2D eigenvalue weighted by Crippen LogP contribution is 2.24. The number of rotatable bonds is 5. The van der Waals surface area contributed by atoms with Crippen molar-refractivity contribution in [3.63, 3.8) is 0 Å². The Morgan fingerprint density at radius 3 is 2.64 bits per heavy atom. The van der Waals surface area contributed by atoms with Crippen LogP contribution in [0, 0.1) is 0 Å². The molecule has 1 N–H and O–H groups in total. The molecular formula is C22H20N2O3S. The summed E-state index contributed by atoms with van der Waals surface area (Å²) in [6, 6.07) is 19.3. The molecule has 0 fully saturated rings. The first kappa shape index (κ1) is 18.3. The minimum Gasteiger partial charge on any atom is -0.484 e. The molecule has 1 heterocycles. The summed E-state index contributed by atoms with van der Waals surface area (Å²) in [7, 11) is 0. The third kappa shape index (κ3) is 3.64. The summed E-state index contributed by atoms with van der Waals surface area (Å²) in [5.41, 5.74) is 1.53. The molecule has 4 rings (SSSR count). The average molecular weight is 392 g/mol. The molecule has 1 aromatic heterocycles. The number of thiazole rings is 1. The largest absolute Gasteiger partial charge is 0.484 e. The van der Waals surface area contributed by atoms with Gasteiger partial charge >= 0.3 is 4.87 Å². The van der Waals surface area contributed by atoms with Crippen LogP contribution in [0.4, 0.5) is 5.69 Å². The Labute approximate surface area is 166 Å². The fraction of sp³-hybridized carbons (Fsp3) is 0.182. The van der Waals surface area contributed by atoms with Gasteiger partial charge in [-0.05, 0) is 55.0 Å². The molecule has 0 atom stereocenters. The van der Waals surface area contributed by atoms with Crippen LogP contribution in [0.3, 0.4) is 0 Å². The van der Waals surface area contributed by atoms with E-state index in [0.717, 1.165) is 21.0 Å². The molecule has 0 aliphatic heterocycles. The van der Waals surface area contributed by atoms with Crippen LogP contribution in [0.25, 0.3) is 21.0 Å². The molecule has 1 amide bonds. The smallest absolute Gasteiger partial charge is 0.308 e. The molecule has 0 saturated carbocycles. The summed E-state index contributed by atoms with van der Waals surface area (Å²) < 4.78 is 8.24. The van der Waals surface area contributed by atoms with E-state index < -0.39 is 0 Å². The number of nitrogens with one attached hydrogen (secondary N) is 1. The highest BCUT2D eigenvalue weighted by atomic mass is 32.1. The van der Waals surface area contributed by atoms with E-state index in [0.29, 0.717) is 11.4 Å². The maximum absolute atomic E-state index is 12.3. The number of benzene rings is 3. The Kier molecular flexibility index (Phi) is 4.88. The number of fused-ring (bicyclic) bond motifs is 2. The van der Waals surface area contributed by atoms with Gasteiger partial charge in [0.05, 0.1) is 10.2 Å². The van der Waals surface area contributed by atoms with Gasteiger partial charge in [-0.3, -0.25) is 14.2 Å². The van der Waals surface area contributed by atoms with Crippen molar-refractivity contribution in [1.82, 2.24) is 4.57 Å². The topological polar surface area (TPSA) is 60.3 Å². The molecule has 3 aromatic carbocycles. The van der Waals surface area contributed by atoms with E-state index in [1.54, 1.807) is 10.6 Å². The van der Waals surface area contributed by atoms with Gasteiger partial charge in [0, 0.05) is 11.7 Å². The van der Waals surface area contributed by atoms with Crippen LogP contribution in [0.2, 0.25) is 0 Å². The normalized spacial score (nSPS) is 11.2. The summed E-state index contributed by atoms with van der Waals surface area (Å²) in [6.45, 7) is 3.88. The van der Waals surface area contributed by atoms with Crippen molar-refractivity contribution in [2.24, 2.45) is 0 Å². The van der Waals surface area contributed by atoms with Gasteiger partial charge in [0.1, 0.15) is 5.75 Å². The number of carbonyl (C=O) groups is 1. The van der Waals surface area contributed by atoms with Crippen LogP contribution < -0.4 is 14.9 Å². The molecule has 0 aliphatic rings. The second-order valence-corrected chi connectivity index (χ2v) is 7.85. The van der Waals surface area contributed by atoms with Crippen LogP contribution in [-0.2, 0) is 4.79 Å². The number of hydrogen-bond donors (Lipinski definition) is 1. The first-order valence-corrected chi connectivity index (χ1v) is 9.89. The third-order valence-electron chi connectivity index (χ3n) is 4.50. The molecule has 0 radical (unpaired) electrons. The molecule has 0 bridgehead atoms. The fourth-order valence-corrected chi connectivity index (χ4v) is 4.26. The number of aromatic nitrogens is 1.